The van der Waals surface area contributed by atoms with Gasteiger partial charge in [0.15, 0.2) is 0 Å². The molecule has 0 spiro atoms. The molecule has 0 unspecified atom stereocenters. The minimum atomic E-state index is 0.0217. The van der Waals surface area contributed by atoms with Crippen LogP contribution < -0.4 is 0 Å². The van der Waals surface area contributed by atoms with Gasteiger partial charge in [0.05, 0.1) is 17.4 Å². The molecule has 1 N–H and O–H groups in total. The Morgan fingerprint density at radius 2 is 2.00 bits per heavy atom. The van der Waals surface area contributed by atoms with E-state index in [1.54, 1.807) is 0 Å². The molecule has 2 aromatic heterocycles. The zero-order valence-corrected chi connectivity index (χ0v) is 18.6. The number of likely N-dealkylation sites (tertiary alicyclic amines) is 1. The molecule has 6 nitrogen and oxygen atoms in total. The third-order valence-electron chi connectivity index (χ3n) is 6.19. The lowest BCUT2D eigenvalue weighted by Crippen LogP contribution is -2.31. The van der Waals surface area contributed by atoms with E-state index in [0.29, 0.717) is 5.69 Å². The maximum atomic E-state index is 13.4. The van der Waals surface area contributed by atoms with Crippen LogP contribution in [0.1, 0.15) is 70.8 Å². The lowest BCUT2D eigenvalue weighted by Gasteiger charge is -2.26. The fourth-order valence-electron chi connectivity index (χ4n) is 4.66. The summed E-state index contributed by atoms with van der Waals surface area (Å²) in [4.78, 5) is 15.4. The number of H-pyrrole nitrogens is 1. The Hall–Kier alpha value is -2.89. The number of hydrogen-bond acceptors (Lipinski definition) is 3. The van der Waals surface area contributed by atoms with Crippen LogP contribution in [0.2, 0.25) is 0 Å². The van der Waals surface area contributed by atoms with Crippen molar-refractivity contribution in [1.82, 2.24) is 24.9 Å². The van der Waals surface area contributed by atoms with Gasteiger partial charge in [-0.3, -0.25) is 14.6 Å². The molecule has 6 heteroatoms. The van der Waals surface area contributed by atoms with E-state index in [-0.39, 0.29) is 11.9 Å². The van der Waals surface area contributed by atoms with Crippen LogP contribution in [0.5, 0.6) is 0 Å². The lowest BCUT2D eigenvalue weighted by molar-refractivity contribution is 0.0729. The van der Waals surface area contributed by atoms with E-state index in [4.69, 9.17) is 0 Å². The molecule has 1 atom stereocenters. The summed E-state index contributed by atoms with van der Waals surface area (Å²) in [6.07, 6.45) is 3.05. The topological polar surface area (TPSA) is 66.8 Å². The number of rotatable bonds is 5. The first-order chi connectivity index (χ1) is 14.4. The van der Waals surface area contributed by atoms with Crippen molar-refractivity contribution in [1.29, 1.82) is 0 Å². The van der Waals surface area contributed by atoms with Gasteiger partial charge in [0.2, 0.25) is 0 Å². The highest BCUT2D eigenvalue weighted by Gasteiger charge is 2.32. The van der Waals surface area contributed by atoms with Gasteiger partial charge in [-0.2, -0.15) is 10.2 Å². The first kappa shape index (κ1) is 20.4. The molecule has 1 aliphatic rings. The number of aromatic amines is 1. The number of carbonyl (C=O) groups excluding carboxylic acids is 1. The van der Waals surface area contributed by atoms with Gasteiger partial charge in [0.1, 0.15) is 5.69 Å². The van der Waals surface area contributed by atoms with Crippen LogP contribution in [-0.2, 0) is 6.54 Å². The van der Waals surface area contributed by atoms with Crippen molar-refractivity contribution in [2.75, 3.05) is 6.54 Å². The van der Waals surface area contributed by atoms with Gasteiger partial charge in [-0.1, -0.05) is 30.7 Å². The summed E-state index contributed by atoms with van der Waals surface area (Å²) in [5, 5.41) is 12.1. The monoisotopic (exact) mass is 405 g/mol. The number of amides is 1. The number of benzene rings is 1. The molecule has 158 valence electrons. The molecule has 0 radical (unpaired) electrons. The smallest absolute Gasteiger partial charge is 0.272 e. The molecule has 1 aromatic carbocycles. The Morgan fingerprint density at radius 3 is 2.77 bits per heavy atom. The third kappa shape index (κ3) is 3.55. The molecular weight excluding hydrogens is 374 g/mol. The molecule has 30 heavy (non-hydrogen) atoms. The normalized spacial score (nSPS) is 16.4. The number of nitrogens with one attached hydrogen (secondary N) is 1. The van der Waals surface area contributed by atoms with Crippen molar-refractivity contribution >= 4 is 5.91 Å². The Kier molecular flexibility index (Phi) is 5.50. The van der Waals surface area contributed by atoms with Gasteiger partial charge in [0.25, 0.3) is 5.91 Å². The highest BCUT2D eigenvalue weighted by Crippen LogP contribution is 2.35. The fourth-order valence-corrected chi connectivity index (χ4v) is 4.66. The number of aromatic nitrogens is 4. The van der Waals surface area contributed by atoms with E-state index in [2.05, 4.69) is 61.2 Å². The number of nitrogens with zero attached hydrogens (tertiary/aromatic N) is 4. The van der Waals surface area contributed by atoms with Gasteiger partial charge in [-0.15, -0.1) is 0 Å². The van der Waals surface area contributed by atoms with Crippen LogP contribution in [0.3, 0.4) is 0 Å². The van der Waals surface area contributed by atoms with Crippen LogP contribution in [0.15, 0.2) is 24.3 Å². The van der Waals surface area contributed by atoms with Crippen molar-refractivity contribution in [2.24, 2.45) is 0 Å². The Labute approximate surface area is 178 Å². The second-order valence-electron chi connectivity index (χ2n) is 8.45. The highest BCUT2D eigenvalue weighted by molar-refractivity contribution is 5.94. The van der Waals surface area contributed by atoms with Crippen LogP contribution >= 0.6 is 0 Å². The standard InChI is InChI=1S/C24H31N5O/c1-6-11-29-18(5)23(17(4)27-29)20-14-21(26-25-20)24(30)28-12-7-8-22(28)19-13-15(2)9-10-16(19)3/h9-10,13-14,22H,6-8,11-12H2,1-5H3,(H,25,26)/t22-/m1/s1. The molecular formula is C24H31N5O. The average Bonchev–Trinajstić information content (AvgIpc) is 3.43. The third-order valence-corrected chi connectivity index (χ3v) is 6.19. The van der Waals surface area contributed by atoms with Crippen molar-refractivity contribution < 1.29 is 4.79 Å². The molecule has 0 bridgehead atoms. The predicted octanol–water partition coefficient (Wildman–Crippen LogP) is 4.89. The van der Waals surface area contributed by atoms with E-state index < -0.39 is 0 Å². The van der Waals surface area contributed by atoms with Crippen molar-refractivity contribution in [3.63, 3.8) is 0 Å². The Morgan fingerprint density at radius 1 is 1.20 bits per heavy atom. The predicted molar refractivity (Wildman–Crippen MR) is 119 cm³/mol. The summed E-state index contributed by atoms with van der Waals surface area (Å²) in [6, 6.07) is 8.51. The summed E-state index contributed by atoms with van der Waals surface area (Å²) in [5.41, 5.74) is 8.12. The summed E-state index contributed by atoms with van der Waals surface area (Å²) < 4.78 is 2.03. The second kappa shape index (κ2) is 8.09. The van der Waals surface area contributed by atoms with Gasteiger partial charge < -0.3 is 4.90 Å². The SMILES string of the molecule is CCCn1nc(C)c(-c2cc(C(=O)N3CCC[C@@H]3c3cc(C)ccc3C)[nH]n2)c1C. The highest BCUT2D eigenvalue weighted by atomic mass is 16.2. The summed E-state index contributed by atoms with van der Waals surface area (Å²) in [5.74, 6) is 0.0217. The number of hydrogen-bond donors (Lipinski definition) is 1. The van der Waals surface area contributed by atoms with E-state index in [1.807, 2.05) is 22.6 Å². The summed E-state index contributed by atoms with van der Waals surface area (Å²) >= 11 is 0. The average molecular weight is 406 g/mol. The van der Waals surface area contributed by atoms with Crippen molar-refractivity contribution in [3.8, 4) is 11.3 Å². The quantitative estimate of drug-likeness (QED) is 0.657. The first-order valence-electron chi connectivity index (χ1n) is 10.9. The second-order valence-corrected chi connectivity index (χ2v) is 8.45. The molecule has 3 aromatic rings. The van der Waals surface area contributed by atoms with Crippen molar-refractivity contribution in [2.45, 2.75) is 66.5 Å². The van der Waals surface area contributed by atoms with Gasteiger partial charge in [-0.05, 0) is 64.2 Å². The van der Waals surface area contributed by atoms with E-state index in [1.165, 1.54) is 16.7 Å². The molecule has 0 aliphatic carbocycles. The minimum absolute atomic E-state index is 0.0217. The zero-order valence-electron chi connectivity index (χ0n) is 18.6. The molecule has 0 saturated carbocycles. The molecule has 3 heterocycles. The zero-order chi connectivity index (χ0) is 21.4. The van der Waals surface area contributed by atoms with Crippen LogP contribution in [-0.4, -0.2) is 37.3 Å². The maximum Gasteiger partial charge on any atom is 0.272 e. The lowest BCUT2D eigenvalue weighted by atomic mass is 9.97. The largest absolute Gasteiger partial charge is 0.330 e. The van der Waals surface area contributed by atoms with E-state index >= 15 is 0 Å². The molecule has 1 amide bonds. The number of aryl methyl sites for hydroxylation is 4. The maximum absolute atomic E-state index is 13.4. The van der Waals surface area contributed by atoms with Gasteiger partial charge in [0, 0.05) is 24.3 Å². The minimum Gasteiger partial charge on any atom is -0.330 e. The summed E-state index contributed by atoms with van der Waals surface area (Å²) in [7, 11) is 0. The first-order valence-corrected chi connectivity index (χ1v) is 10.9. The molecule has 1 aliphatic heterocycles. The van der Waals surface area contributed by atoms with E-state index in [9.17, 15) is 4.79 Å². The van der Waals surface area contributed by atoms with Gasteiger partial charge >= 0.3 is 0 Å². The number of carbonyl (C=O) groups is 1. The molecule has 4 rings (SSSR count). The van der Waals surface area contributed by atoms with Crippen molar-refractivity contribution in [3.05, 3.63) is 58.0 Å². The van der Waals surface area contributed by atoms with Crippen LogP contribution in [0, 0.1) is 27.7 Å². The van der Waals surface area contributed by atoms with Crippen LogP contribution in [0.25, 0.3) is 11.3 Å². The fraction of sp³-hybridized carbons (Fsp3) is 0.458. The van der Waals surface area contributed by atoms with E-state index in [0.717, 1.165) is 55.0 Å². The molecule has 1 fully saturated rings. The Balaban J connectivity index is 1.62. The molecule has 1 saturated heterocycles. The van der Waals surface area contributed by atoms with Gasteiger partial charge in [-0.25, -0.2) is 0 Å². The summed E-state index contributed by atoms with van der Waals surface area (Å²) in [6.45, 7) is 12.1. The van der Waals surface area contributed by atoms with Crippen LogP contribution in [0.4, 0.5) is 0 Å². The Bertz CT molecular complexity index is 1080.